The first-order valence-corrected chi connectivity index (χ1v) is 9.55. The van der Waals surface area contributed by atoms with Gasteiger partial charge in [0.15, 0.2) is 0 Å². The zero-order valence-electron chi connectivity index (χ0n) is 14.0. The minimum atomic E-state index is 0.146. The van der Waals surface area contributed by atoms with Crippen LogP contribution >= 0.6 is 11.3 Å². The van der Waals surface area contributed by atoms with E-state index in [9.17, 15) is 4.79 Å². The minimum Gasteiger partial charge on any atom is -0.334 e. The van der Waals surface area contributed by atoms with E-state index in [1.807, 2.05) is 25.1 Å². The van der Waals surface area contributed by atoms with Crippen LogP contribution in [0, 0.1) is 12.8 Å². The van der Waals surface area contributed by atoms with Gasteiger partial charge in [-0.15, -0.1) is 11.3 Å². The molecule has 126 valence electrons. The highest BCUT2D eigenvalue weighted by atomic mass is 32.1. The zero-order chi connectivity index (χ0) is 16.5. The number of aromatic nitrogens is 1. The van der Waals surface area contributed by atoms with E-state index in [4.69, 9.17) is 0 Å². The number of rotatable bonds is 4. The highest BCUT2D eigenvalue weighted by Gasteiger charge is 2.40. The van der Waals surface area contributed by atoms with Gasteiger partial charge < -0.3 is 4.90 Å². The molecule has 0 spiro atoms. The first-order chi connectivity index (χ1) is 11.7. The SMILES string of the molecule is Cc1nc(CN2C[C@H]3CC[C@@H](C2)N(Cc2ccccc2)C3=O)cs1. The van der Waals surface area contributed by atoms with Gasteiger partial charge in [0.1, 0.15) is 0 Å². The van der Waals surface area contributed by atoms with Gasteiger partial charge in [0.2, 0.25) is 5.91 Å². The van der Waals surface area contributed by atoms with Gasteiger partial charge in [0.25, 0.3) is 0 Å². The number of carbonyl (C=O) groups is 1. The van der Waals surface area contributed by atoms with E-state index in [2.05, 4.69) is 32.3 Å². The third-order valence-corrected chi connectivity index (χ3v) is 5.94. The third kappa shape index (κ3) is 3.23. The number of aryl methyl sites for hydroxylation is 1. The summed E-state index contributed by atoms with van der Waals surface area (Å²) < 4.78 is 0. The smallest absolute Gasteiger partial charge is 0.227 e. The molecule has 0 radical (unpaired) electrons. The number of hydrogen-bond acceptors (Lipinski definition) is 4. The Bertz CT molecular complexity index is 714. The molecule has 0 unspecified atom stereocenters. The standard InChI is InChI=1S/C19H23N3OS/c1-14-20-17(13-24-14)11-21-10-16-7-8-18(12-21)22(19(16)23)9-15-5-3-2-4-6-15/h2-6,13,16,18H,7-12H2,1H3/t16-,18+/m1/s1. The summed E-state index contributed by atoms with van der Waals surface area (Å²) in [6.07, 6.45) is 2.15. The van der Waals surface area contributed by atoms with Gasteiger partial charge >= 0.3 is 0 Å². The van der Waals surface area contributed by atoms with E-state index >= 15 is 0 Å². The number of hydrogen-bond donors (Lipinski definition) is 0. The van der Waals surface area contributed by atoms with Crippen LogP contribution in [0.4, 0.5) is 0 Å². The van der Waals surface area contributed by atoms with E-state index in [0.717, 1.165) is 49.7 Å². The van der Waals surface area contributed by atoms with Gasteiger partial charge in [-0.25, -0.2) is 4.98 Å². The fourth-order valence-corrected chi connectivity index (χ4v) is 4.56. The van der Waals surface area contributed by atoms with Crippen molar-refractivity contribution in [3.63, 3.8) is 0 Å². The lowest BCUT2D eigenvalue weighted by Gasteiger charge is -2.36. The summed E-state index contributed by atoms with van der Waals surface area (Å²) in [6, 6.07) is 10.7. The van der Waals surface area contributed by atoms with E-state index < -0.39 is 0 Å². The lowest BCUT2D eigenvalue weighted by Crippen LogP contribution is -2.47. The molecule has 3 fully saturated rings. The van der Waals surface area contributed by atoms with E-state index in [0.29, 0.717) is 11.9 Å². The Morgan fingerprint density at radius 3 is 2.75 bits per heavy atom. The topological polar surface area (TPSA) is 36.4 Å². The number of piperidine rings is 1. The summed E-state index contributed by atoms with van der Waals surface area (Å²) in [4.78, 5) is 22.0. The molecule has 0 aliphatic carbocycles. The van der Waals surface area contributed by atoms with Crippen molar-refractivity contribution < 1.29 is 4.79 Å². The number of amides is 1. The Morgan fingerprint density at radius 1 is 1.17 bits per heavy atom. The number of thiazole rings is 1. The summed E-state index contributed by atoms with van der Waals surface area (Å²) >= 11 is 1.70. The summed E-state index contributed by atoms with van der Waals surface area (Å²) in [5.41, 5.74) is 2.36. The molecule has 5 heteroatoms. The van der Waals surface area contributed by atoms with Crippen LogP contribution in [0.5, 0.6) is 0 Å². The van der Waals surface area contributed by atoms with Gasteiger partial charge in [-0.05, 0) is 25.3 Å². The zero-order valence-corrected chi connectivity index (χ0v) is 14.8. The van der Waals surface area contributed by atoms with Crippen LogP contribution in [-0.2, 0) is 17.9 Å². The number of benzene rings is 1. The fraction of sp³-hybridized carbons (Fsp3) is 0.474. The van der Waals surface area contributed by atoms with Gasteiger partial charge in [0, 0.05) is 37.6 Å². The second-order valence-electron chi connectivity index (χ2n) is 6.93. The summed E-state index contributed by atoms with van der Waals surface area (Å²) in [6.45, 7) is 5.49. The molecule has 0 N–H and O–H groups in total. The van der Waals surface area contributed by atoms with Crippen molar-refractivity contribution in [3.05, 3.63) is 52.0 Å². The van der Waals surface area contributed by atoms with Gasteiger partial charge in [0.05, 0.1) is 16.6 Å². The Labute approximate surface area is 147 Å². The second-order valence-corrected chi connectivity index (χ2v) is 7.99. The van der Waals surface area contributed by atoms with Crippen LogP contribution in [0.2, 0.25) is 0 Å². The number of nitrogens with zero attached hydrogens (tertiary/aromatic N) is 3. The number of carbonyl (C=O) groups excluding carboxylic acids is 1. The molecule has 2 atom stereocenters. The molecule has 4 nitrogen and oxygen atoms in total. The lowest BCUT2D eigenvalue weighted by atomic mass is 9.93. The largest absolute Gasteiger partial charge is 0.334 e. The maximum absolute atomic E-state index is 12.9. The maximum Gasteiger partial charge on any atom is 0.227 e. The predicted molar refractivity (Wildman–Crippen MR) is 95.6 cm³/mol. The minimum absolute atomic E-state index is 0.146. The quantitative estimate of drug-likeness (QED) is 0.857. The molecule has 2 bridgehead atoms. The molecule has 0 saturated carbocycles. The second kappa shape index (κ2) is 6.65. The molecule has 1 aromatic carbocycles. The van der Waals surface area contributed by atoms with Crippen LogP contribution in [0.15, 0.2) is 35.7 Å². The van der Waals surface area contributed by atoms with E-state index in [-0.39, 0.29) is 5.92 Å². The molecule has 3 aliphatic heterocycles. The summed E-state index contributed by atoms with van der Waals surface area (Å²) in [5.74, 6) is 0.485. The Balaban J connectivity index is 1.50. The van der Waals surface area contributed by atoms with Crippen LogP contribution in [0.25, 0.3) is 0 Å². The number of fused-ring (bicyclic) bond motifs is 4. The average Bonchev–Trinajstić information content (AvgIpc) is 2.82. The van der Waals surface area contributed by atoms with Crippen LogP contribution in [0.3, 0.4) is 0 Å². The molecular formula is C19H23N3OS. The van der Waals surface area contributed by atoms with Crippen LogP contribution in [-0.4, -0.2) is 39.8 Å². The Hall–Kier alpha value is -1.72. The van der Waals surface area contributed by atoms with E-state index in [1.54, 1.807) is 11.3 Å². The molecule has 1 amide bonds. The van der Waals surface area contributed by atoms with Crippen molar-refractivity contribution in [1.82, 2.24) is 14.8 Å². The highest BCUT2D eigenvalue weighted by molar-refractivity contribution is 7.09. The Kier molecular flexibility index (Phi) is 4.37. The molecule has 3 aliphatic rings. The molecule has 2 aromatic rings. The molecule has 3 saturated heterocycles. The van der Waals surface area contributed by atoms with E-state index in [1.165, 1.54) is 5.56 Å². The molecule has 4 heterocycles. The average molecular weight is 341 g/mol. The predicted octanol–water partition coefficient (Wildman–Crippen LogP) is 3.07. The first kappa shape index (κ1) is 15.8. The molecule has 24 heavy (non-hydrogen) atoms. The van der Waals surface area contributed by atoms with Crippen LogP contribution in [0.1, 0.15) is 29.1 Å². The maximum atomic E-state index is 12.9. The first-order valence-electron chi connectivity index (χ1n) is 8.67. The molecule has 5 rings (SSSR count). The van der Waals surface area contributed by atoms with Crippen molar-refractivity contribution in [2.24, 2.45) is 5.92 Å². The monoisotopic (exact) mass is 341 g/mol. The van der Waals surface area contributed by atoms with Crippen molar-refractivity contribution >= 4 is 17.2 Å². The molecular weight excluding hydrogens is 318 g/mol. The third-order valence-electron chi connectivity index (χ3n) is 5.12. The highest BCUT2D eigenvalue weighted by Crippen LogP contribution is 2.31. The fourth-order valence-electron chi connectivity index (χ4n) is 3.96. The molecule has 1 aromatic heterocycles. The van der Waals surface area contributed by atoms with Crippen molar-refractivity contribution in [3.8, 4) is 0 Å². The van der Waals surface area contributed by atoms with Crippen molar-refractivity contribution in [1.29, 1.82) is 0 Å². The van der Waals surface area contributed by atoms with Crippen LogP contribution < -0.4 is 0 Å². The van der Waals surface area contributed by atoms with Crippen molar-refractivity contribution in [2.75, 3.05) is 13.1 Å². The normalized spacial score (nSPS) is 24.4. The summed E-state index contributed by atoms with van der Waals surface area (Å²) in [5, 5.41) is 3.26. The van der Waals surface area contributed by atoms with Gasteiger partial charge in [-0.1, -0.05) is 30.3 Å². The van der Waals surface area contributed by atoms with Crippen molar-refractivity contribution in [2.45, 2.75) is 38.9 Å². The summed E-state index contributed by atoms with van der Waals surface area (Å²) in [7, 11) is 0. The van der Waals surface area contributed by atoms with Gasteiger partial charge in [-0.2, -0.15) is 0 Å². The van der Waals surface area contributed by atoms with Gasteiger partial charge in [-0.3, -0.25) is 9.69 Å². The Morgan fingerprint density at radius 2 is 2.00 bits per heavy atom. The lowest BCUT2D eigenvalue weighted by molar-refractivity contribution is -0.140.